The van der Waals surface area contributed by atoms with E-state index in [0.717, 1.165) is 28.5 Å². The molecule has 2 aromatic rings. The summed E-state index contributed by atoms with van der Waals surface area (Å²) in [6.45, 7) is 2.14. The maximum Gasteiger partial charge on any atom is 0.231 e. The summed E-state index contributed by atoms with van der Waals surface area (Å²) in [5, 5.41) is 8.73. The van der Waals surface area contributed by atoms with Crippen LogP contribution in [0.3, 0.4) is 0 Å². The number of nitriles is 1. The van der Waals surface area contributed by atoms with Gasteiger partial charge in [-0.1, -0.05) is 0 Å². The monoisotopic (exact) mass is 253 g/mol. The van der Waals surface area contributed by atoms with E-state index in [2.05, 4.69) is 16.0 Å². The standard InChI is InChI=1S/C14H11N3O2/c1-9-6-11(17-14(16-9)4-5-15)10-2-3-12-13(7-10)19-8-18-12/h2-3,6-7H,4,8H2,1H3. The van der Waals surface area contributed by atoms with Crippen LogP contribution < -0.4 is 9.47 Å². The minimum atomic E-state index is 0.208. The van der Waals surface area contributed by atoms with Crippen molar-refractivity contribution in [2.45, 2.75) is 13.3 Å². The molecule has 0 spiro atoms. The van der Waals surface area contributed by atoms with Crippen LogP contribution in [0.15, 0.2) is 24.3 Å². The summed E-state index contributed by atoms with van der Waals surface area (Å²) < 4.78 is 10.6. The van der Waals surface area contributed by atoms with Gasteiger partial charge in [-0.15, -0.1) is 0 Å². The third kappa shape index (κ3) is 2.20. The Morgan fingerprint density at radius 1 is 1.21 bits per heavy atom. The van der Waals surface area contributed by atoms with Crippen molar-refractivity contribution in [3.8, 4) is 28.8 Å². The van der Waals surface area contributed by atoms with Crippen LogP contribution >= 0.6 is 0 Å². The molecule has 94 valence electrons. The molecule has 5 heteroatoms. The third-order valence-electron chi connectivity index (χ3n) is 2.81. The number of benzene rings is 1. The van der Waals surface area contributed by atoms with Gasteiger partial charge in [0.1, 0.15) is 5.82 Å². The average Bonchev–Trinajstić information content (AvgIpc) is 2.85. The Balaban J connectivity index is 2.04. The molecule has 1 aromatic heterocycles. The van der Waals surface area contributed by atoms with Crippen molar-refractivity contribution in [1.29, 1.82) is 5.26 Å². The lowest BCUT2D eigenvalue weighted by Gasteiger charge is -2.05. The van der Waals surface area contributed by atoms with Crippen molar-refractivity contribution in [2.24, 2.45) is 0 Å². The first-order chi connectivity index (χ1) is 9.26. The van der Waals surface area contributed by atoms with E-state index in [0.29, 0.717) is 5.82 Å². The molecule has 0 unspecified atom stereocenters. The van der Waals surface area contributed by atoms with Gasteiger partial charge in [-0.3, -0.25) is 0 Å². The average molecular weight is 253 g/mol. The fourth-order valence-corrected chi connectivity index (χ4v) is 1.98. The van der Waals surface area contributed by atoms with Crippen LogP contribution in [0.4, 0.5) is 0 Å². The van der Waals surface area contributed by atoms with Crippen molar-refractivity contribution < 1.29 is 9.47 Å². The number of aryl methyl sites for hydroxylation is 1. The molecule has 0 amide bonds. The third-order valence-corrected chi connectivity index (χ3v) is 2.81. The van der Waals surface area contributed by atoms with Crippen LogP contribution in [0.5, 0.6) is 11.5 Å². The number of aromatic nitrogens is 2. The van der Waals surface area contributed by atoms with Gasteiger partial charge in [-0.2, -0.15) is 5.26 Å². The summed E-state index contributed by atoms with van der Waals surface area (Å²) in [6, 6.07) is 9.62. The van der Waals surface area contributed by atoms with Crippen molar-refractivity contribution >= 4 is 0 Å². The SMILES string of the molecule is Cc1cc(-c2ccc3c(c2)OCO3)nc(CC#N)n1. The summed E-state index contributed by atoms with van der Waals surface area (Å²) >= 11 is 0. The highest BCUT2D eigenvalue weighted by Crippen LogP contribution is 2.35. The van der Waals surface area contributed by atoms with Gasteiger partial charge in [0, 0.05) is 11.3 Å². The molecule has 2 heterocycles. The van der Waals surface area contributed by atoms with E-state index < -0.39 is 0 Å². The van der Waals surface area contributed by atoms with Crippen LogP contribution in [-0.2, 0) is 6.42 Å². The molecule has 0 aliphatic carbocycles. The highest BCUT2D eigenvalue weighted by Gasteiger charge is 2.14. The van der Waals surface area contributed by atoms with Gasteiger partial charge in [-0.05, 0) is 31.2 Å². The molecule has 3 rings (SSSR count). The van der Waals surface area contributed by atoms with Crippen LogP contribution in [0.1, 0.15) is 11.5 Å². The van der Waals surface area contributed by atoms with Gasteiger partial charge >= 0.3 is 0 Å². The molecule has 1 aromatic carbocycles. The Labute approximate surface area is 110 Å². The minimum Gasteiger partial charge on any atom is -0.454 e. The zero-order valence-corrected chi connectivity index (χ0v) is 10.4. The second-order valence-corrected chi connectivity index (χ2v) is 4.21. The number of nitrogens with zero attached hydrogens (tertiary/aromatic N) is 3. The molecule has 19 heavy (non-hydrogen) atoms. The van der Waals surface area contributed by atoms with E-state index in [1.807, 2.05) is 31.2 Å². The van der Waals surface area contributed by atoms with E-state index in [4.69, 9.17) is 14.7 Å². The predicted molar refractivity (Wildman–Crippen MR) is 67.6 cm³/mol. The molecule has 0 fully saturated rings. The summed E-state index contributed by atoms with van der Waals surface area (Å²) in [6.07, 6.45) is 0.208. The molecule has 0 radical (unpaired) electrons. The normalized spacial score (nSPS) is 12.2. The van der Waals surface area contributed by atoms with Gasteiger partial charge in [0.25, 0.3) is 0 Å². The molecule has 0 saturated carbocycles. The molecule has 1 aliphatic rings. The second kappa shape index (κ2) is 4.58. The zero-order valence-electron chi connectivity index (χ0n) is 10.4. The molecule has 0 bridgehead atoms. The van der Waals surface area contributed by atoms with Gasteiger partial charge in [-0.25, -0.2) is 9.97 Å². The molecule has 5 nitrogen and oxygen atoms in total. The van der Waals surface area contributed by atoms with Crippen molar-refractivity contribution in [3.63, 3.8) is 0 Å². The van der Waals surface area contributed by atoms with Crippen LogP contribution in [-0.4, -0.2) is 16.8 Å². The maximum atomic E-state index is 8.73. The maximum absolute atomic E-state index is 8.73. The summed E-state index contributed by atoms with van der Waals surface area (Å²) in [5.74, 6) is 2.00. The molecule has 0 atom stereocenters. The summed E-state index contributed by atoms with van der Waals surface area (Å²) in [5.41, 5.74) is 2.55. The van der Waals surface area contributed by atoms with Crippen LogP contribution in [0.25, 0.3) is 11.3 Å². The van der Waals surface area contributed by atoms with E-state index in [1.54, 1.807) is 0 Å². The second-order valence-electron chi connectivity index (χ2n) is 4.21. The van der Waals surface area contributed by atoms with Crippen LogP contribution in [0, 0.1) is 18.3 Å². The molecule has 0 N–H and O–H groups in total. The summed E-state index contributed by atoms with van der Waals surface area (Å²) in [7, 11) is 0. The summed E-state index contributed by atoms with van der Waals surface area (Å²) in [4.78, 5) is 8.62. The first-order valence-electron chi connectivity index (χ1n) is 5.88. The fraction of sp³-hybridized carbons (Fsp3) is 0.214. The van der Waals surface area contributed by atoms with Crippen molar-refractivity contribution in [1.82, 2.24) is 9.97 Å². The Bertz CT molecular complexity index is 677. The lowest BCUT2D eigenvalue weighted by molar-refractivity contribution is 0.174. The topological polar surface area (TPSA) is 68.0 Å². The lowest BCUT2D eigenvalue weighted by Crippen LogP contribution is -1.98. The number of hydrogen-bond donors (Lipinski definition) is 0. The van der Waals surface area contributed by atoms with Crippen molar-refractivity contribution in [3.05, 3.63) is 35.8 Å². The Hall–Kier alpha value is -2.61. The minimum absolute atomic E-state index is 0.208. The molecular weight excluding hydrogens is 242 g/mol. The van der Waals surface area contributed by atoms with E-state index in [9.17, 15) is 0 Å². The highest BCUT2D eigenvalue weighted by molar-refractivity contribution is 5.64. The first-order valence-corrected chi connectivity index (χ1v) is 5.88. The fourth-order valence-electron chi connectivity index (χ4n) is 1.98. The van der Waals surface area contributed by atoms with E-state index in [-0.39, 0.29) is 13.2 Å². The zero-order chi connectivity index (χ0) is 13.2. The van der Waals surface area contributed by atoms with Gasteiger partial charge in [0.2, 0.25) is 6.79 Å². The quantitative estimate of drug-likeness (QED) is 0.821. The van der Waals surface area contributed by atoms with Gasteiger partial charge in [0.05, 0.1) is 18.2 Å². The smallest absolute Gasteiger partial charge is 0.231 e. The number of hydrogen-bond acceptors (Lipinski definition) is 5. The van der Waals surface area contributed by atoms with Crippen LogP contribution in [0.2, 0.25) is 0 Å². The highest BCUT2D eigenvalue weighted by atomic mass is 16.7. The Morgan fingerprint density at radius 2 is 2.05 bits per heavy atom. The van der Waals surface area contributed by atoms with Gasteiger partial charge in [0.15, 0.2) is 11.5 Å². The number of ether oxygens (including phenoxy) is 2. The Morgan fingerprint density at radius 3 is 2.89 bits per heavy atom. The number of rotatable bonds is 2. The number of fused-ring (bicyclic) bond motifs is 1. The first kappa shape index (κ1) is 11.5. The molecular formula is C14H11N3O2. The van der Waals surface area contributed by atoms with E-state index >= 15 is 0 Å². The lowest BCUT2D eigenvalue weighted by atomic mass is 10.1. The Kier molecular flexibility index (Phi) is 2.76. The largest absolute Gasteiger partial charge is 0.454 e. The predicted octanol–water partition coefficient (Wildman–Crippen LogP) is 2.25. The van der Waals surface area contributed by atoms with Crippen molar-refractivity contribution in [2.75, 3.05) is 6.79 Å². The molecule has 1 aliphatic heterocycles. The van der Waals surface area contributed by atoms with Gasteiger partial charge < -0.3 is 9.47 Å². The van der Waals surface area contributed by atoms with E-state index in [1.165, 1.54) is 0 Å². The molecule has 0 saturated heterocycles.